The van der Waals surface area contributed by atoms with Crippen LogP contribution < -0.4 is 11.1 Å². The Morgan fingerprint density at radius 1 is 1.26 bits per heavy atom. The van der Waals surface area contributed by atoms with Crippen molar-refractivity contribution in [2.75, 3.05) is 25.0 Å². The second-order valence-electron chi connectivity index (χ2n) is 6.68. The van der Waals surface area contributed by atoms with E-state index in [0.29, 0.717) is 17.8 Å². The lowest BCUT2D eigenvalue weighted by atomic mass is 9.95. The molecule has 0 unspecified atom stereocenters. The van der Waals surface area contributed by atoms with Crippen molar-refractivity contribution < 1.29 is 9.72 Å². The third kappa shape index (κ3) is 5.03. The van der Waals surface area contributed by atoms with Crippen molar-refractivity contribution >= 4 is 29.7 Å². The quantitative estimate of drug-likeness (QED) is 0.603. The minimum Gasteiger partial charge on any atom is -0.326 e. The maximum absolute atomic E-state index is 12.4. The summed E-state index contributed by atoms with van der Waals surface area (Å²) in [4.78, 5) is 24.7. The van der Waals surface area contributed by atoms with Crippen LogP contribution in [0.4, 0.5) is 11.4 Å². The molecule has 1 aliphatic heterocycles. The minimum atomic E-state index is -0.450. The number of likely N-dealkylation sites (tertiary alicyclic amines) is 1. The SMILES string of the molecule is Cc1cc([N+](=O)[O-])ccc1NC(=O)CN1C[C@@H](N)[C@H](c2ccccc2)C1.Cl. The number of hydrogen-bond donors (Lipinski definition) is 2. The van der Waals surface area contributed by atoms with Gasteiger partial charge in [0.25, 0.3) is 5.69 Å². The Morgan fingerprint density at radius 3 is 2.59 bits per heavy atom. The van der Waals surface area contributed by atoms with E-state index in [1.165, 1.54) is 17.7 Å². The van der Waals surface area contributed by atoms with Crippen molar-refractivity contribution in [3.63, 3.8) is 0 Å². The van der Waals surface area contributed by atoms with Gasteiger partial charge >= 0.3 is 0 Å². The van der Waals surface area contributed by atoms with Gasteiger partial charge in [-0.15, -0.1) is 12.4 Å². The van der Waals surface area contributed by atoms with Gasteiger partial charge in [0.05, 0.1) is 11.5 Å². The average Bonchev–Trinajstić information content (AvgIpc) is 2.97. The molecule has 27 heavy (non-hydrogen) atoms. The number of carbonyl (C=O) groups is 1. The first-order valence-corrected chi connectivity index (χ1v) is 8.52. The first-order valence-electron chi connectivity index (χ1n) is 8.52. The number of hydrogen-bond acceptors (Lipinski definition) is 5. The third-order valence-electron chi connectivity index (χ3n) is 4.73. The number of halogens is 1. The Hall–Kier alpha value is -2.48. The summed E-state index contributed by atoms with van der Waals surface area (Å²) in [6.45, 7) is 3.37. The standard InChI is InChI=1S/C19H22N4O3.ClH/c1-13-9-15(23(25)26)7-8-18(13)21-19(24)12-22-10-16(17(20)11-22)14-5-3-2-4-6-14;/h2-9,16-17H,10-12,20H2,1H3,(H,21,24);1H/t16-,17+;/m0./s1. The third-order valence-corrected chi connectivity index (χ3v) is 4.73. The fourth-order valence-electron chi connectivity index (χ4n) is 3.39. The Kier molecular flexibility index (Phi) is 6.90. The van der Waals surface area contributed by atoms with Crippen molar-refractivity contribution in [3.8, 4) is 0 Å². The largest absolute Gasteiger partial charge is 0.326 e. The van der Waals surface area contributed by atoms with E-state index in [1.807, 2.05) is 23.1 Å². The number of rotatable bonds is 5. The number of nitrogens with one attached hydrogen (secondary N) is 1. The molecule has 0 aromatic heterocycles. The minimum absolute atomic E-state index is 0. The lowest BCUT2D eigenvalue weighted by Gasteiger charge is -2.16. The first-order chi connectivity index (χ1) is 12.4. The number of nitrogens with two attached hydrogens (primary N) is 1. The van der Waals surface area contributed by atoms with Crippen LogP contribution in [0.15, 0.2) is 48.5 Å². The summed E-state index contributed by atoms with van der Waals surface area (Å²) < 4.78 is 0. The fraction of sp³-hybridized carbons (Fsp3) is 0.316. The molecule has 3 N–H and O–H groups in total. The maximum Gasteiger partial charge on any atom is 0.269 e. The average molecular weight is 391 g/mol. The number of nitro groups is 1. The molecule has 0 radical (unpaired) electrons. The molecule has 144 valence electrons. The Labute approximate surface area is 164 Å². The number of amides is 1. The molecule has 2 aromatic carbocycles. The lowest BCUT2D eigenvalue weighted by Crippen LogP contribution is -2.33. The highest BCUT2D eigenvalue weighted by Crippen LogP contribution is 2.26. The zero-order valence-corrected chi connectivity index (χ0v) is 15.8. The van der Waals surface area contributed by atoms with E-state index in [1.54, 1.807) is 13.0 Å². The van der Waals surface area contributed by atoms with Gasteiger partial charge < -0.3 is 11.1 Å². The summed E-state index contributed by atoms with van der Waals surface area (Å²) in [5.41, 5.74) is 8.71. The van der Waals surface area contributed by atoms with Crippen LogP contribution in [0.1, 0.15) is 17.0 Å². The number of benzene rings is 2. The van der Waals surface area contributed by atoms with Gasteiger partial charge in [-0.1, -0.05) is 30.3 Å². The molecule has 0 aliphatic carbocycles. The number of nitrogens with zero attached hydrogens (tertiary/aromatic N) is 2. The Bertz CT molecular complexity index is 816. The van der Waals surface area contributed by atoms with Crippen LogP contribution in [0.25, 0.3) is 0 Å². The van der Waals surface area contributed by atoms with Crippen molar-refractivity contribution in [2.24, 2.45) is 5.73 Å². The zero-order chi connectivity index (χ0) is 18.7. The van der Waals surface area contributed by atoms with Gasteiger partial charge in [0.2, 0.25) is 5.91 Å². The fourth-order valence-corrected chi connectivity index (χ4v) is 3.39. The van der Waals surface area contributed by atoms with Gasteiger partial charge in [0, 0.05) is 42.9 Å². The first kappa shape index (κ1) is 20.8. The molecule has 8 heteroatoms. The molecule has 1 fully saturated rings. The van der Waals surface area contributed by atoms with Crippen LogP contribution in [0, 0.1) is 17.0 Å². The number of nitro benzene ring substituents is 1. The van der Waals surface area contributed by atoms with E-state index in [9.17, 15) is 14.9 Å². The summed E-state index contributed by atoms with van der Waals surface area (Å²) in [6.07, 6.45) is 0. The van der Waals surface area contributed by atoms with Crippen molar-refractivity contribution in [1.29, 1.82) is 0 Å². The van der Waals surface area contributed by atoms with Gasteiger partial charge in [-0.3, -0.25) is 19.8 Å². The number of non-ortho nitro benzene ring substituents is 1. The predicted octanol–water partition coefficient (Wildman–Crippen LogP) is 2.69. The second-order valence-corrected chi connectivity index (χ2v) is 6.68. The molecule has 3 rings (SSSR count). The molecule has 1 aliphatic rings. The molecule has 1 heterocycles. The highest BCUT2D eigenvalue weighted by atomic mass is 35.5. The van der Waals surface area contributed by atoms with Crippen molar-refractivity contribution in [3.05, 3.63) is 69.8 Å². The van der Waals surface area contributed by atoms with E-state index in [4.69, 9.17) is 5.73 Å². The zero-order valence-electron chi connectivity index (χ0n) is 15.0. The van der Waals surface area contributed by atoms with Gasteiger partial charge in [-0.2, -0.15) is 0 Å². The van der Waals surface area contributed by atoms with Gasteiger partial charge in [-0.25, -0.2) is 0 Å². The van der Waals surface area contributed by atoms with Gasteiger partial charge in [-0.05, 0) is 24.1 Å². The summed E-state index contributed by atoms with van der Waals surface area (Å²) >= 11 is 0. The topological polar surface area (TPSA) is 102 Å². The monoisotopic (exact) mass is 390 g/mol. The Balaban J connectivity index is 0.00000261. The van der Waals surface area contributed by atoms with E-state index >= 15 is 0 Å². The van der Waals surface area contributed by atoms with E-state index < -0.39 is 4.92 Å². The lowest BCUT2D eigenvalue weighted by molar-refractivity contribution is -0.384. The van der Waals surface area contributed by atoms with Crippen LogP contribution >= 0.6 is 12.4 Å². The molecule has 2 atom stereocenters. The number of carbonyl (C=O) groups excluding carboxylic acids is 1. The molecule has 7 nitrogen and oxygen atoms in total. The van der Waals surface area contributed by atoms with Crippen LogP contribution in [0.5, 0.6) is 0 Å². The molecular formula is C19H23ClN4O3. The summed E-state index contributed by atoms with van der Waals surface area (Å²) in [6, 6.07) is 14.5. The van der Waals surface area contributed by atoms with Crippen LogP contribution in [-0.2, 0) is 4.79 Å². The van der Waals surface area contributed by atoms with E-state index in [2.05, 4.69) is 17.4 Å². The summed E-state index contributed by atoms with van der Waals surface area (Å²) in [5, 5.41) is 13.6. The molecule has 0 spiro atoms. The molecule has 1 saturated heterocycles. The van der Waals surface area contributed by atoms with Crippen LogP contribution in [-0.4, -0.2) is 41.4 Å². The summed E-state index contributed by atoms with van der Waals surface area (Å²) in [5.74, 6) is 0.0629. The van der Waals surface area contributed by atoms with Gasteiger partial charge in [0.15, 0.2) is 0 Å². The van der Waals surface area contributed by atoms with Crippen LogP contribution in [0.3, 0.4) is 0 Å². The van der Waals surface area contributed by atoms with Crippen LogP contribution in [0.2, 0.25) is 0 Å². The molecule has 1 amide bonds. The van der Waals surface area contributed by atoms with E-state index in [-0.39, 0.29) is 42.5 Å². The molecular weight excluding hydrogens is 368 g/mol. The van der Waals surface area contributed by atoms with Crippen molar-refractivity contribution in [1.82, 2.24) is 4.90 Å². The predicted molar refractivity (Wildman–Crippen MR) is 107 cm³/mol. The molecule has 0 saturated carbocycles. The highest BCUT2D eigenvalue weighted by molar-refractivity contribution is 5.93. The second kappa shape index (κ2) is 8.94. The van der Waals surface area contributed by atoms with E-state index in [0.717, 1.165) is 6.54 Å². The summed E-state index contributed by atoms with van der Waals surface area (Å²) in [7, 11) is 0. The highest BCUT2D eigenvalue weighted by Gasteiger charge is 2.32. The number of anilines is 1. The maximum atomic E-state index is 12.4. The smallest absolute Gasteiger partial charge is 0.269 e. The molecule has 0 bridgehead atoms. The molecule has 2 aromatic rings. The normalized spacial score (nSPS) is 19.3. The number of aryl methyl sites for hydroxylation is 1. The van der Waals surface area contributed by atoms with Gasteiger partial charge in [0.1, 0.15) is 0 Å². The van der Waals surface area contributed by atoms with Crippen molar-refractivity contribution in [2.45, 2.75) is 18.9 Å². The Morgan fingerprint density at radius 2 is 1.96 bits per heavy atom.